The van der Waals surface area contributed by atoms with E-state index in [0.717, 1.165) is 11.0 Å². The fourth-order valence-electron chi connectivity index (χ4n) is 2.59. The van der Waals surface area contributed by atoms with Gasteiger partial charge < -0.3 is 5.32 Å². The highest BCUT2D eigenvalue weighted by Crippen LogP contribution is 2.19. The number of rotatable bonds is 7. The average molecular weight is 387 g/mol. The van der Waals surface area contributed by atoms with Crippen molar-refractivity contribution in [2.75, 3.05) is 11.9 Å². The molecule has 2 N–H and O–H groups in total. The average Bonchev–Trinajstić information content (AvgIpc) is 3.06. The molecule has 0 unspecified atom stereocenters. The Labute approximate surface area is 157 Å². The lowest BCUT2D eigenvalue weighted by Crippen LogP contribution is -2.27. The van der Waals surface area contributed by atoms with Gasteiger partial charge in [-0.1, -0.05) is 18.2 Å². The third-order valence-electron chi connectivity index (χ3n) is 3.90. The molecule has 142 valence electrons. The van der Waals surface area contributed by atoms with E-state index in [1.54, 1.807) is 41.3 Å². The van der Waals surface area contributed by atoms with Crippen molar-refractivity contribution in [3.63, 3.8) is 0 Å². The van der Waals surface area contributed by atoms with Crippen molar-refractivity contribution in [1.29, 1.82) is 0 Å². The van der Waals surface area contributed by atoms with E-state index in [0.29, 0.717) is 5.69 Å². The Bertz CT molecular complexity index is 1050. The van der Waals surface area contributed by atoms with Crippen LogP contribution >= 0.6 is 0 Å². The number of carbonyl (C=O) groups excluding carboxylic acids is 1. The Morgan fingerprint density at radius 2 is 1.93 bits per heavy atom. The van der Waals surface area contributed by atoms with Gasteiger partial charge >= 0.3 is 0 Å². The van der Waals surface area contributed by atoms with Crippen LogP contribution in [-0.2, 0) is 14.8 Å². The van der Waals surface area contributed by atoms with Gasteiger partial charge in [0, 0.05) is 24.4 Å². The summed E-state index contributed by atoms with van der Waals surface area (Å²) in [5.74, 6) is -0.303. The van der Waals surface area contributed by atoms with Crippen LogP contribution in [0.2, 0.25) is 0 Å². The summed E-state index contributed by atoms with van der Waals surface area (Å²) in [7, 11) is -3.62. The topological polar surface area (TPSA) is 106 Å². The molecule has 9 heteroatoms. The number of pyridine rings is 1. The molecule has 0 radical (unpaired) electrons. The molecular formula is C18H21N5O3S. The van der Waals surface area contributed by atoms with Gasteiger partial charge in [0.05, 0.1) is 23.0 Å². The van der Waals surface area contributed by atoms with Gasteiger partial charge in [0.25, 0.3) is 0 Å². The Balaban J connectivity index is 1.57. The monoisotopic (exact) mass is 387 g/mol. The molecule has 0 saturated heterocycles. The molecule has 0 aliphatic heterocycles. The predicted molar refractivity (Wildman–Crippen MR) is 103 cm³/mol. The van der Waals surface area contributed by atoms with Gasteiger partial charge in [-0.05, 0) is 32.0 Å². The number of aromatic nitrogens is 3. The van der Waals surface area contributed by atoms with Crippen molar-refractivity contribution < 1.29 is 13.2 Å². The molecule has 0 aliphatic rings. The Kier molecular flexibility index (Phi) is 5.52. The number of nitrogens with zero attached hydrogens (tertiary/aromatic N) is 3. The van der Waals surface area contributed by atoms with Crippen LogP contribution < -0.4 is 10.0 Å². The number of fused-ring (bicyclic) bond motifs is 1. The Morgan fingerprint density at radius 3 is 2.63 bits per heavy atom. The van der Waals surface area contributed by atoms with Crippen LogP contribution in [0.3, 0.4) is 0 Å². The highest BCUT2D eigenvalue weighted by atomic mass is 32.2. The molecule has 0 bridgehead atoms. The number of hydrogen-bond acceptors (Lipinski definition) is 5. The fraction of sp³-hybridized carbons (Fsp3) is 0.278. The quantitative estimate of drug-likeness (QED) is 0.647. The summed E-state index contributed by atoms with van der Waals surface area (Å²) < 4.78 is 28.5. The number of hydrogen-bond donors (Lipinski definition) is 2. The maximum atomic E-state index is 12.1. The van der Waals surface area contributed by atoms with Crippen molar-refractivity contribution in [2.24, 2.45) is 0 Å². The third kappa shape index (κ3) is 4.50. The summed E-state index contributed by atoms with van der Waals surface area (Å²) in [6.45, 7) is 4.03. The number of benzene rings is 1. The van der Waals surface area contributed by atoms with Gasteiger partial charge in [0.1, 0.15) is 0 Å². The Hall–Kier alpha value is -2.78. The first-order valence-corrected chi connectivity index (χ1v) is 10.0. The zero-order valence-electron chi connectivity index (χ0n) is 15.1. The lowest BCUT2D eigenvalue weighted by Gasteiger charge is -2.08. The second-order valence-electron chi connectivity index (χ2n) is 6.33. The number of anilines is 1. The molecule has 8 nitrogen and oxygen atoms in total. The maximum absolute atomic E-state index is 12.1. The molecule has 1 amide bonds. The number of amides is 1. The lowest BCUT2D eigenvalue weighted by atomic mass is 10.3. The van der Waals surface area contributed by atoms with Gasteiger partial charge in [-0.25, -0.2) is 22.8 Å². The van der Waals surface area contributed by atoms with Crippen molar-refractivity contribution in [1.82, 2.24) is 19.5 Å². The predicted octanol–water partition coefficient (Wildman–Crippen LogP) is 2.32. The molecular weight excluding hydrogens is 366 g/mol. The van der Waals surface area contributed by atoms with Crippen molar-refractivity contribution in [3.05, 3.63) is 48.8 Å². The summed E-state index contributed by atoms with van der Waals surface area (Å²) >= 11 is 0. The summed E-state index contributed by atoms with van der Waals surface area (Å²) in [6, 6.07) is 10.0. The normalized spacial score (nSPS) is 11.8. The maximum Gasteiger partial charge on any atom is 0.240 e. The molecule has 1 aromatic carbocycles. The molecule has 2 heterocycles. The van der Waals surface area contributed by atoms with Gasteiger partial charge in [-0.3, -0.25) is 4.79 Å². The SMILES string of the molecule is CC(C)n1ncc2cc(NC(=O)CCNS(=O)(=O)c3ccccc3)cnc21. The van der Waals surface area contributed by atoms with Crippen LogP contribution in [0.5, 0.6) is 0 Å². The van der Waals surface area contributed by atoms with Crippen LogP contribution in [0, 0.1) is 0 Å². The molecule has 0 aliphatic carbocycles. The first-order chi connectivity index (χ1) is 12.9. The van der Waals surface area contributed by atoms with E-state index in [4.69, 9.17) is 0 Å². The molecule has 0 fully saturated rings. The Morgan fingerprint density at radius 1 is 1.19 bits per heavy atom. The first-order valence-electron chi connectivity index (χ1n) is 8.54. The molecule has 0 atom stereocenters. The zero-order valence-corrected chi connectivity index (χ0v) is 15.9. The van der Waals surface area contributed by atoms with E-state index in [9.17, 15) is 13.2 Å². The molecule has 3 aromatic rings. The minimum Gasteiger partial charge on any atom is -0.325 e. The summed E-state index contributed by atoms with van der Waals surface area (Å²) in [5.41, 5.74) is 1.29. The molecule has 2 aromatic heterocycles. The zero-order chi connectivity index (χ0) is 19.4. The van der Waals surface area contributed by atoms with Crippen LogP contribution in [0.25, 0.3) is 11.0 Å². The second-order valence-corrected chi connectivity index (χ2v) is 8.10. The molecule has 27 heavy (non-hydrogen) atoms. The highest BCUT2D eigenvalue weighted by molar-refractivity contribution is 7.89. The largest absolute Gasteiger partial charge is 0.325 e. The van der Waals surface area contributed by atoms with E-state index in [2.05, 4.69) is 20.1 Å². The molecule has 0 spiro atoms. The number of carbonyl (C=O) groups is 1. The minimum atomic E-state index is -3.62. The van der Waals surface area contributed by atoms with E-state index in [1.807, 2.05) is 13.8 Å². The van der Waals surface area contributed by atoms with Gasteiger partial charge in [0.15, 0.2) is 5.65 Å². The first kappa shape index (κ1) is 19.0. The van der Waals surface area contributed by atoms with Gasteiger partial charge in [-0.15, -0.1) is 0 Å². The summed E-state index contributed by atoms with van der Waals surface area (Å²) in [5, 5.41) is 7.84. The van der Waals surface area contributed by atoms with Crippen LogP contribution in [0.4, 0.5) is 5.69 Å². The van der Waals surface area contributed by atoms with Gasteiger partial charge in [0.2, 0.25) is 15.9 Å². The van der Waals surface area contributed by atoms with E-state index in [1.165, 1.54) is 12.1 Å². The van der Waals surface area contributed by atoms with Crippen LogP contribution in [0.15, 0.2) is 53.7 Å². The van der Waals surface area contributed by atoms with Crippen LogP contribution in [0.1, 0.15) is 26.3 Å². The third-order valence-corrected chi connectivity index (χ3v) is 5.38. The number of sulfonamides is 1. The van der Waals surface area contributed by atoms with Crippen molar-refractivity contribution >= 4 is 32.7 Å². The smallest absolute Gasteiger partial charge is 0.240 e. The van der Waals surface area contributed by atoms with Crippen molar-refractivity contribution in [3.8, 4) is 0 Å². The second kappa shape index (κ2) is 7.85. The van der Waals surface area contributed by atoms with E-state index >= 15 is 0 Å². The van der Waals surface area contributed by atoms with E-state index < -0.39 is 10.0 Å². The highest BCUT2D eigenvalue weighted by Gasteiger charge is 2.14. The van der Waals surface area contributed by atoms with E-state index in [-0.39, 0.29) is 29.8 Å². The standard InChI is InChI=1S/C18H21N5O3S/c1-13(2)23-18-14(11-20-23)10-15(12-19-18)22-17(24)8-9-21-27(25,26)16-6-4-3-5-7-16/h3-7,10-13,21H,8-9H2,1-2H3,(H,22,24). The fourth-order valence-corrected chi connectivity index (χ4v) is 3.64. The minimum absolute atomic E-state index is 0.00398. The number of nitrogens with one attached hydrogen (secondary N) is 2. The van der Waals surface area contributed by atoms with Crippen molar-refractivity contribution in [2.45, 2.75) is 31.2 Å². The van der Waals surface area contributed by atoms with Gasteiger partial charge in [-0.2, -0.15) is 5.10 Å². The lowest BCUT2D eigenvalue weighted by molar-refractivity contribution is -0.116. The molecule has 3 rings (SSSR count). The summed E-state index contributed by atoms with van der Waals surface area (Å²) in [4.78, 5) is 16.6. The summed E-state index contributed by atoms with van der Waals surface area (Å²) in [6.07, 6.45) is 3.27. The molecule has 0 saturated carbocycles. The van der Waals surface area contributed by atoms with Crippen LogP contribution in [-0.4, -0.2) is 35.6 Å².